The Labute approximate surface area is 120 Å². The molecule has 0 saturated heterocycles. The number of azide groups is 1. The smallest absolute Gasteiger partial charge is 0.264 e. The van der Waals surface area contributed by atoms with Crippen molar-refractivity contribution in [3.63, 3.8) is 0 Å². The van der Waals surface area contributed by atoms with Crippen LogP contribution >= 0.6 is 0 Å². The lowest BCUT2D eigenvalue weighted by atomic mass is 10.1. The number of fused-ring (bicyclic) bond motifs is 1. The lowest BCUT2D eigenvalue weighted by molar-refractivity contribution is 0.597. The van der Waals surface area contributed by atoms with E-state index in [4.69, 9.17) is 5.53 Å². The van der Waals surface area contributed by atoms with Crippen LogP contribution in [0.4, 0.5) is 0 Å². The maximum Gasteiger partial charge on any atom is 0.264 e. The molecular weight excluding hydrogens is 288 g/mol. The Kier molecular flexibility index (Phi) is 3.13. The van der Waals surface area contributed by atoms with Crippen molar-refractivity contribution in [2.75, 3.05) is 0 Å². The number of benzene rings is 2. The monoisotopic (exact) mass is 298 g/mol. The van der Waals surface area contributed by atoms with Gasteiger partial charge in [0.15, 0.2) is 0 Å². The van der Waals surface area contributed by atoms with Gasteiger partial charge in [-0.25, -0.2) is 8.42 Å². The number of aromatic nitrogens is 1. The summed E-state index contributed by atoms with van der Waals surface area (Å²) in [7, 11) is -3.94. The lowest BCUT2D eigenvalue weighted by Gasteiger charge is -2.00. The van der Waals surface area contributed by atoms with Gasteiger partial charge in [-0.05, 0) is 35.4 Å². The molecule has 0 aliphatic carbocycles. The van der Waals surface area contributed by atoms with Gasteiger partial charge >= 0.3 is 0 Å². The van der Waals surface area contributed by atoms with Crippen molar-refractivity contribution in [3.8, 4) is 11.3 Å². The number of hydrogen-bond donors (Lipinski definition) is 1. The molecule has 0 amide bonds. The Balaban J connectivity index is 2.03. The highest BCUT2D eigenvalue weighted by Gasteiger charge is 2.12. The number of sulfonamides is 1. The number of nitrogens with zero attached hydrogens (tertiary/aromatic N) is 3. The van der Waals surface area contributed by atoms with Crippen LogP contribution < -0.4 is 0 Å². The third-order valence-corrected chi connectivity index (χ3v) is 4.29. The van der Waals surface area contributed by atoms with Gasteiger partial charge in [-0.3, -0.25) is 0 Å². The second kappa shape index (κ2) is 4.97. The fourth-order valence-corrected chi connectivity index (χ4v) is 2.80. The summed E-state index contributed by atoms with van der Waals surface area (Å²) in [4.78, 5) is 5.56. The second-order valence-electron chi connectivity index (χ2n) is 4.44. The summed E-state index contributed by atoms with van der Waals surface area (Å²) in [5.41, 5.74) is 11.0. The molecule has 0 unspecified atom stereocenters. The van der Waals surface area contributed by atoms with E-state index in [1.807, 2.05) is 30.3 Å². The number of nitrogens with one attached hydrogen (secondary N) is 1. The van der Waals surface area contributed by atoms with Crippen LogP contribution in [0.15, 0.2) is 64.0 Å². The summed E-state index contributed by atoms with van der Waals surface area (Å²) in [6.07, 6.45) is 0. The van der Waals surface area contributed by atoms with E-state index >= 15 is 0 Å². The van der Waals surface area contributed by atoms with Gasteiger partial charge in [-0.2, -0.15) is 0 Å². The molecule has 3 rings (SSSR count). The number of aromatic amines is 1. The topological polar surface area (TPSA) is 98.7 Å². The molecule has 0 aliphatic heterocycles. The molecule has 0 radical (unpaired) electrons. The summed E-state index contributed by atoms with van der Waals surface area (Å²) in [5, 5.41) is 1.08. The van der Waals surface area contributed by atoms with Crippen molar-refractivity contribution >= 4 is 20.9 Å². The van der Waals surface area contributed by atoms with Crippen LogP contribution in [0.5, 0.6) is 0 Å². The maximum atomic E-state index is 11.6. The van der Waals surface area contributed by atoms with E-state index in [1.54, 1.807) is 12.1 Å². The van der Waals surface area contributed by atoms with E-state index in [9.17, 15) is 8.42 Å². The highest BCUT2D eigenvalue weighted by molar-refractivity contribution is 7.90. The Morgan fingerprint density at radius 2 is 1.76 bits per heavy atom. The Morgan fingerprint density at radius 3 is 2.43 bits per heavy atom. The minimum absolute atomic E-state index is 0.0276. The SMILES string of the molecule is [N-]=[N+]=NS(=O)(=O)c1ccc(-c2cc3ccccc3[nH]2)cc1. The summed E-state index contributed by atoms with van der Waals surface area (Å²) < 4.78 is 26.0. The first-order chi connectivity index (χ1) is 10.1. The van der Waals surface area contributed by atoms with Gasteiger partial charge in [0.2, 0.25) is 0 Å². The summed E-state index contributed by atoms with van der Waals surface area (Å²) in [5.74, 6) is 0. The Bertz CT molecular complexity index is 919. The second-order valence-corrected chi connectivity index (χ2v) is 6.03. The molecule has 1 N–H and O–H groups in total. The predicted octanol–water partition coefficient (Wildman–Crippen LogP) is 3.83. The van der Waals surface area contributed by atoms with Crippen molar-refractivity contribution in [1.29, 1.82) is 0 Å². The highest BCUT2D eigenvalue weighted by atomic mass is 32.2. The van der Waals surface area contributed by atoms with Gasteiger partial charge in [-0.15, -0.1) is 0 Å². The Hall–Kier alpha value is -2.76. The molecule has 1 heterocycles. The van der Waals surface area contributed by atoms with Crippen molar-refractivity contribution in [1.82, 2.24) is 4.98 Å². The molecule has 0 aliphatic rings. The summed E-state index contributed by atoms with van der Waals surface area (Å²) >= 11 is 0. The van der Waals surface area contributed by atoms with Crippen molar-refractivity contribution in [3.05, 3.63) is 65.0 Å². The lowest BCUT2D eigenvalue weighted by Crippen LogP contribution is -1.94. The largest absolute Gasteiger partial charge is 0.355 e. The maximum absolute atomic E-state index is 11.6. The third-order valence-electron chi connectivity index (χ3n) is 3.14. The van der Waals surface area contributed by atoms with Crippen LogP contribution in [0.25, 0.3) is 32.6 Å². The van der Waals surface area contributed by atoms with Crippen molar-refractivity contribution in [2.45, 2.75) is 4.90 Å². The molecular formula is C14H10N4O2S. The summed E-state index contributed by atoms with van der Waals surface area (Å²) in [6.45, 7) is 0. The standard InChI is InChI=1S/C14H10N4O2S/c15-17-18-21(19,20)12-7-5-10(6-8-12)14-9-11-3-1-2-4-13(11)16-14/h1-9,16H. The zero-order valence-electron chi connectivity index (χ0n) is 10.8. The molecule has 7 heteroatoms. The first-order valence-electron chi connectivity index (χ1n) is 6.10. The average molecular weight is 298 g/mol. The molecule has 1 aromatic heterocycles. The normalized spacial score (nSPS) is 11.2. The third kappa shape index (κ3) is 2.47. The van der Waals surface area contributed by atoms with E-state index in [0.29, 0.717) is 0 Å². The van der Waals surface area contributed by atoms with Crippen LogP contribution in [0.3, 0.4) is 0 Å². The van der Waals surface area contributed by atoms with Gasteiger partial charge in [0.05, 0.1) is 4.90 Å². The van der Waals surface area contributed by atoms with Crippen LogP contribution in [0.2, 0.25) is 0 Å². The highest BCUT2D eigenvalue weighted by Crippen LogP contribution is 2.25. The molecule has 104 valence electrons. The minimum Gasteiger partial charge on any atom is -0.355 e. The molecule has 2 aromatic carbocycles. The van der Waals surface area contributed by atoms with Gasteiger partial charge < -0.3 is 4.98 Å². The van der Waals surface area contributed by atoms with Gasteiger partial charge in [0.25, 0.3) is 10.0 Å². The zero-order valence-corrected chi connectivity index (χ0v) is 11.6. The van der Waals surface area contributed by atoms with E-state index in [0.717, 1.165) is 22.2 Å². The fraction of sp³-hybridized carbons (Fsp3) is 0. The summed E-state index contributed by atoms with van der Waals surface area (Å²) in [6, 6.07) is 16.0. The molecule has 0 saturated carbocycles. The van der Waals surface area contributed by atoms with Crippen molar-refractivity contribution < 1.29 is 8.42 Å². The number of para-hydroxylation sites is 1. The Morgan fingerprint density at radius 1 is 1.05 bits per heavy atom. The quantitative estimate of drug-likeness (QED) is 0.451. The van der Waals surface area contributed by atoms with E-state index in [-0.39, 0.29) is 4.90 Å². The molecule has 3 aromatic rings. The van der Waals surface area contributed by atoms with Crippen LogP contribution in [-0.4, -0.2) is 13.4 Å². The molecule has 0 fully saturated rings. The molecule has 6 nitrogen and oxygen atoms in total. The van der Waals surface area contributed by atoms with Gasteiger partial charge in [0.1, 0.15) is 0 Å². The number of H-pyrrole nitrogens is 1. The fourth-order valence-electron chi connectivity index (χ4n) is 2.13. The minimum atomic E-state index is -3.94. The van der Waals surface area contributed by atoms with E-state index in [1.165, 1.54) is 12.1 Å². The first kappa shape index (κ1) is 13.2. The van der Waals surface area contributed by atoms with Crippen LogP contribution in [-0.2, 0) is 10.0 Å². The first-order valence-corrected chi connectivity index (χ1v) is 7.54. The predicted molar refractivity (Wildman–Crippen MR) is 80.1 cm³/mol. The molecule has 21 heavy (non-hydrogen) atoms. The molecule has 0 atom stereocenters. The number of hydrogen-bond acceptors (Lipinski definition) is 2. The zero-order chi connectivity index (χ0) is 14.9. The van der Waals surface area contributed by atoms with Gasteiger partial charge in [0, 0.05) is 26.0 Å². The van der Waals surface area contributed by atoms with E-state index < -0.39 is 10.0 Å². The van der Waals surface area contributed by atoms with Crippen LogP contribution in [0.1, 0.15) is 0 Å². The van der Waals surface area contributed by atoms with E-state index in [2.05, 4.69) is 14.4 Å². The molecule has 0 bridgehead atoms. The van der Waals surface area contributed by atoms with Crippen molar-refractivity contribution in [2.24, 2.45) is 4.52 Å². The van der Waals surface area contributed by atoms with Crippen LogP contribution in [0, 0.1) is 0 Å². The van der Waals surface area contributed by atoms with Gasteiger partial charge in [-0.1, -0.05) is 30.3 Å². The molecule has 0 spiro atoms. The average Bonchev–Trinajstić information content (AvgIpc) is 2.91. The number of rotatable bonds is 3.